The topological polar surface area (TPSA) is 41.1 Å². The van der Waals surface area contributed by atoms with Gasteiger partial charge in [-0.2, -0.15) is 0 Å². The monoisotopic (exact) mass is 220 g/mol. The summed E-state index contributed by atoms with van der Waals surface area (Å²) < 4.78 is 0. The quantitative estimate of drug-likeness (QED) is 0.819. The van der Waals surface area contributed by atoms with E-state index in [4.69, 9.17) is 0 Å². The fraction of sp³-hybridized carbons (Fsp3) is 0.462. The molecule has 0 saturated carbocycles. The van der Waals surface area contributed by atoms with E-state index in [2.05, 4.69) is 17.6 Å². The molecule has 0 aliphatic heterocycles. The normalized spacial score (nSPS) is 11.0. The Hall–Kier alpha value is -1.51. The van der Waals surface area contributed by atoms with E-state index in [-0.39, 0.29) is 11.4 Å². The summed E-state index contributed by atoms with van der Waals surface area (Å²) in [4.78, 5) is 11.9. The molecule has 3 heteroatoms. The Morgan fingerprint density at radius 2 is 1.81 bits per heavy atom. The molecule has 2 N–H and O–H groups in total. The Balaban J connectivity index is 2.73. The number of anilines is 1. The van der Waals surface area contributed by atoms with Crippen molar-refractivity contribution in [3.8, 4) is 0 Å². The third-order valence-electron chi connectivity index (χ3n) is 2.77. The van der Waals surface area contributed by atoms with Crippen LogP contribution in [0.3, 0.4) is 0 Å². The number of nitrogens with one attached hydrogen (secondary N) is 2. The number of benzene rings is 1. The standard InChI is InChI=1S/C13H20N2O/c1-5-13(2,3)15-12(16)10-6-8-11(14-4)9-7-10/h6-9,14H,5H2,1-4H3,(H,15,16). The van der Waals surface area contributed by atoms with Crippen LogP contribution < -0.4 is 10.6 Å². The molecule has 88 valence electrons. The van der Waals surface area contributed by atoms with Crippen molar-refractivity contribution >= 4 is 11.6 Å². The summed E-state index contributed by atoms with van der Waals surface area (Å²) in [6.45, 7) is 6.10. The van der Waals surface area contributed by atoms with Gasteiger partial charge in [-0.05, 0) is 44.5 Å². The van der Waals surface area contributed by atoms with E-state index in [0.717, 1.165) is 12.1 Å². The third-order valence-corrected chi connectivity index (χ3v) is 2.77. The Morgan fingerprint density at radius 3 is 2.25 bits per heavy atom. The summed E-state index contributed by atoms with van der Waals surface area (Å²) in [6.07, 6.45) is 0.910. The first-order valence-electron chi connectivity index (χ1n) is 5.59. The maximum absolute atomic E-state index is 11.9. The van der Waals surface area contributed by atoms with Gasteiger partial charge in [0.15, 0.2) is 0 Å². The van der Waals surface area contributed by atoms with Crippen LogP contribution in [0, 0.1) is 0 Å². The fourth-order valence-electron chi connectivity index (χ4n) is 1.26. The van der Waals surface area contributed by atoms with E-state index in [1.807, 2.05) is 45.2 Å². The lowest BCUT2D eigenvalue weighted by Gasteiger charge is -2.24. The van der Waals surface area contributed by atoms with Crippen LogP contribution in [0.1, 0.15) is 37.6 Å². The fourth-order valence-corrected chi connectivity index (χ4v) is 1.26. The van der Waals surface area contributed by atoms with E-state index in [9.17, 15) is 4.79 Å². The van der Waals surface area contributed by atoms with Gasteiger partial charge in [0.05, 0.1) is 0 Å². The van der Waals surface area contributed by atoms with Gasteiger partial charge in [0.1, 0.15) is 0 Å². The molecular formula is C13H20N2O. The molecular weight excluding hydrogens is 200 g/mol. The maximum atomic E-state index is 11.9. The second-order valence-electron chi connectivity index (χ2n) is 4.52. The molecule has 0 aliphatic rings. The summed E-state index contributed by atoms with van der Waals surface area (Å²) in [5, 5.41) is 6.02. The molecule has 1 aromatic carbocycles. The molecule has 1 amide bonds. The maximum Gasteiger partial charge on any atom is 0.251 e. The van der Waals surface area contributed by atoms with Crippen molar-refractivity contribution in [2.75, 3.05) is 12.4 Å². The average Bonchev–Trinajstić information content (AvgIpc) is 2.28. The Morgan fingerprint density at radius 1 is 1.25 bits per heavy atom. The first-order chi connectivity index (χ1) is 7.48. The zero-order chi connectivity index (χ0) is 12.2. The van der Waals surface area contributed by atoms with Crippen LogP contribution in [0.25, 0.3) is 0 Å². The van der Waals surface area contributed by atoms with Crippen molar-refractivity contribution in [3.63, 3.8) is 0 Å². The van der Waals surface area contributed by atoms with Gasteiger partial charge in [0, 0.05) is 23.8 Å². The molecule has 0 radical (unpaired) electrons. The lowest BCUT2D eigenvalue weighted by Crippen LogP contribution is -2.42. The number of rotatable bonds is 4. The smallest absolute Gasteiger partial charge is 0.251 e. The van der Waals surface area contributed by atoms with E-state index >= 15 is 0 Å². The highest BCUT2D eigenvalue weighted by Crippen LogP contribution is 2.12. The van der Waals surface area contributed by atoms with E-state index in [0.29, 0.717) is 5.56 Å². The van der Waals surface area contributed by atoms with Crippen molar-refractivity contribution < 1.29 is 4.79 Å². The summed E-state index contributed by atoms with van der Waals surface area (Å²) in [7, 11) is 1.86. The summed E-state index contributed by atoms with van der Waals surface area (Å²) >= 11 is 0. The molecule has 0 fully saturated rings. The van der Waals surface area contributed by atoms with Gasteiger partial charge in [-0.25, -0.2) is 0 Å². The number of hydrogen-bond donors (Lipinski definition) is 2. The first-order valence-corrected chi connectivity index (χ1v) is 5.59. The molecule has 0 bridgehead atoms. The van der Waals surface area contributed by atoms with Crippen molar-refractivity contribution in [1.82, 2.24) is 5.32 Å². The predicted molar refractivity (Wildman–Crippen MR) is 67.8 cm³/mol. The Kier molecular flexibility index (Phi) is 3.93. The molecule has 0 heterocycles. The molecule has 0 saturated heterocycles. The average molecular weight is 220 g/mol. The SMILES string of the molecule is CCC(C)(C)NC(=O)c1ccc(NC)cc1. The third kappa shape index (κ3) is 3.26. The van der Waals surface area contributed by atoms with Crippen LogP contribution in [0.4, 0.5) is 5.69 Å². The molecule has 0 atom stereocenters. The number of amides is 1. The van der Waals surface area contributed by atoms with Gasteiger partial charge in [0.25, 0.3) is 5.91 Å². The minimum absolute atomic E-state index is 0.0190. The highest BCUT2D eigenvalue weighted by atomic mass is 16.1. The second kappa shape index (κ2) is 5.01. The summed E-state index contributed by atoms with van der Waals surface area (Å²) in [5.41, 5.74) is 1.55. The van der Waals surface area contributed by atoms with Crippen LogP contribution in [-0.2, 0) is 0 Å². The van der Waals surface area contributed by atoms with Gasteiger partial charge in [-0.1, -0.05) is 6.92 Å². The summed E-state index contributed by atoms with van der Waals surface area (Å²) in [6, 6.07) is 7.45. The largest absolute Gasteiger partial charge is 0.388 e. The van der Waals surface area contributed by atoms with Crippen molar-refractivity contribution in [2.45, 2.75) is 32.7 Å². The molecule has 3 nitrogen and oxygen atoms in total. The van der Waals surface area contributed by atoms with Crippen LogP contribution in [0.2, 0.25) is 0 Å². The molecule has 0 spiro atoms. The molecule has 1 rings (SSSR count). The van der Waals surface area contributed by atoms with Crippen molar-refractivity contribution in [2.24, 2.45) is 0 Å². The van der Waals surface area contributed by atoms with Gasteiger partial charge < -0.3 is 10.6 Å². The van der Waals surface area contributed by atoms with Gasteiger partial charge >= 0.3 is 0 Å². The molecule has 0 unspecified atom stereocenters. The van der Waals surface area contributed by atoms with Crippen LogP contribution >= 0.6 is 0 Å². The highest BCUT2D eigenvalue weighted by Gasteiger charge is 2.18. The second-order valence-corrected chi connectivity index (χ2v) is 4.52. The van der Waals surface area contributed by atoms with E-state index in [1.54, 1.807) is 0 Å². The number of carbonyl (C=O) groups is 1. The van der Waals surface area contributed by atoms with Gasteiger partial charge in [-0.3, -0.25) is 4.79 Å². The zero-order valence-electron chi connectivity index (χ0n) is 10.4. The summed E-state index contributed by atoms with van der Waals surface area (Å²) in [5.74, 6) is -0.0190. The predicted octanol–water partition coefficient (Wildman–Crippen LogP) is 2.65. The number of carbonyl (C=O) groups excluding carboxylic acids is 1. The Labute approximate surface area is 97.2 Å². The first kappa shape index (κ1) is 12.6. The molecule has 1 aromatic rings. The zero-order valence-corrected chi connectivity index (χ0v) is 10.4. The molecule has 0 aliphatic carbocycles. The molecule has 0 aromatic heterocycles. The van der Waals surface area contributed by atoms with Crippen LogP contribution in [0.5, 0.6) is 0 Å². The minimum Gasteiger partial charge on any atom is -0.388 e. The minimum atomic E-state index is -0.154. The lowest BCUT2D eigenvalue weighted by molar-refractivity contribution is 0.0911. The van der Waals surface area contributed by atoms with Crippen molar-refractivity contribution in [1.29, 1.82) is 0 Å². The highest BCUT2D eigenvalue weighted by molar-refractivity contribution is 5.94. The van der Waals surface area contributed by atoms with Gasteiger partial charge in [0.2, 0.25) is 0 Å². The van der Waals surface area contributed by atoms with E-state index in [1.165, 1.54) is 0 Å². The lowest BCUT2D eigenvalue weighted by atomic mass is 10.0. The van der Waals surface area contributed by atoms with Crippen LogP contribution in [-0.4, -0.2) is 18.5 Å². The van der Waals surface area contributed by atoms with Crippen LogP contribution in [0.15, 0.2) is 24.3 Å². The van der Waals surface area contributed by atoms with E-state index < -0.39 is 0 Å². The van der Waals surface area contributed by atoms with Crippen molar-refractivity contribution in [3.05, 3.63) is 29.8 Å². The number of hydrogen-bond acceptors (Lipinski definition) is 2. The van der Waals surface area contributed by atoms with Gasteiger partial charge in [-0.15, -0.1) is 0 Å². The molecule has 16 heavy (non-hydrogen) atoms. The Bertz CT molecular complexity index is 355.